The highest BCUT2D eigenvalue weighted by atomic mass is 79.9. The number of methoxy groups -OCH3 is 2. The van der Waals surface area contributed by atoms with Crippen molar-refractivity contribution in [2.45, 2.75) is 44.9 Å². The average Bonchev–Trinajstić information content (AvgIpc) is 2.87. The molecule has 0 radical (unpaired) electrons. The summed E-state index contributed by atoms with van der Waals surface area (Å²) in [5.41, 5.74) is 5.81. The molecule has 35 heavy (non-hydrogen) atoms. The lowest BCUT2D eigenvalue weighted by Gasteiger charge is -2.42. The van der Waals surface area contributed by atoms with Gasteiger partial charge in [-0.25, -0.2) is 4.98 Å². The molecule has 0 saturated carbocycles. The summed E-state index contributed by atoms with van der Waals surface area (Å²) < 4.78 is 11.9. The predicted octanol–water partition coefficient (Wildman–Crippen LogP) is 4.93. The van der Waals surface area contributed by atoms with Gasteiger partial charge in [0.2, 0.25) is 5.91 Å². The molecule has 0 N–H and O–H groups in total. The zero-order valence-electron chi connectivity index (χ0n) is 20.3. The second-order valence-corrected chi connectivity index (χ2v) is 10.0. The van der Waals surface area contributed by atoms with Crippen LogP contribution in [-0.4, -0.2) is 47.5 Å². The molecule has 2 atom stereocenters. The number of hydrogen-bond donors (Lipinski definition) is 0. The number of rotatable bonds is 5. The first-order valence-electron chi connectivity index (χ1n) is 12.0. The summed E-state index contributed by atoms with van der Waals surface area (Å²) in [6.07, 6.45) is 1.49. The largest absolute Gasteiger partial charge is 0.493 e. The smallest absolute Gasteiger partial charge is 0.240 e. The molecule has 182 valence electrons. The van der Waals surface area contributed by atoms with Crippen LogP contribution in [0.4, 0.5) is 0 Å². The van der Waals surface area contributed by atoms with Gasteiger partial charge in [0, 0.05) is 19.6 Å². The van der Waals surface area contributed by atoms with E-state index in [9.17, 15) is 4.79 Å². The first-order valence-corrected chi connectivity index (χ1v) is 12.7. The monoisotopic (exact) mass is 535 g/mol. The Bertz CT molecular complexity index is 1250. The van der Waals surface area contributed by atoms with Crippen LogP contribution < -0.4 is 9.47 Å². The van der Waals surface area contributed by atoms with Crippen molar-refractivity contribution in [3.63, 3.8) is 0 Å². The van der Waals surface area contributed by atoms with Crippen LogP contribution in [0.15, 0.2) is 59.2 Å². The van der Waals surface area contributed by atoms with Crippen LogP contribution in [0.2, 0.25) is 0 Å². The summed E-state index contributed by atoms with van der Waals surface area (Å²) in [6, 6.07) is 18.2. The maximum Gasteiger partial charge on any atom is 0.240 e. The van der Waals surface area contributed by atoms with Gasteiger partial charge in [0.1, 0.15) is 4.60 Å². The number of nitrogens with zero attached hydrogens (tertiary/aromatic N) is 3. The normalized spacial score (nSPS) is 19.6. The van der Waals surface area contributed by atoms with Crippen molar-refractivity contribution >= 4 is 21.8 Å². The van der Waals surface area contributed by atoms with Crippen LogP contribution in [0, 0.1) is 0 Å². The molecule has 0 aliphatic carbocycles. The summed E-state index contributed by atoms with van der Waals surface area (Å²) in [5.74, 6) is 1.60. The molecule has 5 rings (SSSR count). The average molecular weight is 536 g/mol. The molecule has 0 spiro atoms. The summed E-state index contributed by atoms with van der Waals surface area (Å²) in [4.78, 5) is 23.1. The molecule has 2 aliphatic heterocycles. The van der Waals surface area contributed by atoms with Gasteiger partial charge in [-0.15, -0.1) is 0 Å². The van der Waals surface area contributed by atoms with E-state index in [0.717, 1.165) is 34.6 Å². The standard InChI is InChI=1S/C28H30BrN3O3/c1-18-23-15-26(35-3)25(34-2)14-20(23)11-12-32(18)28(33)24-13-19-7-4-5-8-21(19)16-31(24)17-22-9-6-10-27(29)30-22/h4-10,14-15,18,24H,11-13,16-17H2,1-3H3/t18-,24+/m1/s1. The number of ether oxygens (including phenoxy) is 2. The topological polar surface area (TPSA) is 54.9 Å². The van der Waals surface area contributed by atoms with Crippen molar-refractivity contribution in [3.8, 4) is 11.5 Å². The summed E-state index contributed by atoms with van der Waals surface area (Å²) in [7, 11) is 3.30. The van der Waals surface area contributed by atoms with E-state index in [0.29, 0.717) is 25.3 Å². The Morgan fingerprint density at radius 2 is 1.77 bits per heavy atom. The van der Waals surface area contributed by atoms with Crippen LogP contribution in [-0.2, 0) is 30.7 Å². The lowest BCUT2D eigenvalue weighted by molar-refractivity contribution is -0.140. The third kappa shape index (κ3) is 4.67. The molecular formula is C28H30BrN3O3. The zero-order chi connectivity index (χ0) is 24.5. The van der Waals surface area contributed by atoms with Crippen LogP contribution in [0.3, 0.4) is 0 Å². The maximum atomic E-state index is 14.1. The highest BCUT2D eigenvalue weighted by Gasteiger charge is 2.38. The van der Waals surface area contributed by atoms with Crippen molar-refractivity contribution < 1.29 is 14.3 Å². The van der Waals surface area contributed by atoms with Gasteiger partial charge in [-0.1, -0.05) is 30.3 Å². The minimum atomic E-state index is -0.241. The van der Waals surface area contributed by atoms with Crippen LogP contribution in [0.5, 0.6) is 11.5 Å². The number of benzene rings is 2. The quantitative estimate of drug-likeness (QED) is 0.433. The Morgan fingerprint density at radius 1 is 1.03 bits per heavy atom. The Hall–Kier alpha value is -2.90. The zero-order valence-corrected chi connectivity index (χ0v) is 21.9. The minimum absolute atomic E-state index is 0.0472. The maximum absolute atomic E-state index is 14.1. The van der Waals surface area contributed by atoms with Gasteiger partial charge in [-0.2, -0.15) is 0 Å². The first-order chi connectivity index (χ1) is 17.0. The van der Waals surface area contributed by atoms with Gasteiger partial charge in [0.05, 0.1) is 32.0 Å². The minimum Gasteiger partial charge on any atom is -0.493 e. The molecule has 7 heteroatoms. The van der Waals surface area contributed by atoms with Gasteiger partial charge in [-0.3, -0.25) is 9.69 Å². The van der Waals surface area contributed by atoms with E-state index in [1.165, 1.54) is 16.7 Å². The van der Waals surface area contributed by atoms with Gasteiger partial charge in [-0.05, 0) is 82.2 Å². The molecule has 0 fully saturated rings. The Labute approximate surface area is 215 Å². The second kappa shape index (κ2) is 9.99. The van der Waals surface area contributed by atoms with Crippen molar-refractivity contribution in [2.75, 3.05) is 20.8 Å². The SMILES string of the molecule is COc1cc2c(cc1OC)[C@@H](C)N(C(=O)[C@@H]1Cc3ccccc3CN1Cc1cccc(Br)n1)CC2. The first kappa shape index (κ1) is 23.8. The van der Waals surface area contributed by atoms with Gasteiger partial charge in [0.15, 0.2) is 11.5 Å². The van der Waals surface area contributed by atoms with Crippen LogP contribution in [0.25, 0.3) is 0 Å². The van der Waals surface area contributed by atoms with Crippen molar-refractivity contribution in [3.05, 3.63) is 87.1 Å². The number of amides is 1. The van der Waals surface area contributed by atoms with Crippen LogP contribution >= 0.6 is 15.9 Å². The van der Waals surface area contributed by atoms with Crippen molar-refractivity contribution in [2.24, 2.45) is 0 Å². The molecule has 2 aliphatic rings. The molecule has 0 bridgehead atoms. The van der Waals surface area contributed by atoms with E-state index in [1.807, 2.05) is 29.2 Å². The highest BCUT2D eigenvalue weighted by Crippen LogP contribution is 2.39. The number of pyridine rings is 1. The summed E-state index contributed by atoms with van der Waals surface area (Å²) in [5, 5.41) is 0. The Balaban J connectivity index is 1.45. The molecule has 6 nitrogen and oxygen atoms in total. The van der Waals surface area contributed by atoms with Crippen LogP contribution in [0.1, 0.15) is 40.9 Å². The van der Waals surface area contributed by atoms with Gasteiger partial charge in [0.25, 0.3) is 0 Å². The van der Waals surface area contributed by atoms with Crippen molar-refractivity contribution in [1.29, 1.82) is 0 Å². The second-order valence-electron chi connectivity index (χ2n) is 9.21. The summed E-state index contributed by atoms with van der Waals surface area (Å²) >= 11 is 3.48. The number of halogens is 1. The van der Waals surface area contributed by atoms with Crippen molar-refractivity contribution in [1.82, 2.24) is 14.8 Å². The molecular weight excluding hydrogens is 506 g/mol. The van der Waals surface area contributed by atoms with E-state index < -0.39 is 0 Å². The third-order valence-electron chi connectivity index (χ3n) is 7.24. The summed E-state index contributed by atoms with van der Waals surface area (Å²) in [6.45, 7) is 4.14. The number of aromatic nitrogens is 1. The number of fused-ring (bicyclic) bond motifs is 2. The van der Waals surface area contributed by atoms with E-state index in [4.69, 9.17) is 9.47 Å². The number of carbonyl (C=O) groups is 1. The van der Waals surface area contributed by atoms with Gasteiger partial charge < -0.3 is 14.4 Å². The molecule has 3 heterocycles. The fourth-order valence-electron chi connectivity index (χ4n) is 5.37. The number of carbonyl (C=O) groups excluding carboxylic acids is 1. The highest BCUT2D eigenvalue weighted by molar-refractivity contribution is 9.10. The predicted molar refractivity (Wildman–Crippen MR) is 138 cm³/mol. The molecule has 1 amide bonds. The van der Waals surface area contributed by atoms with E-state index >= 15 is 0 Å². The molecule has 0 unspecified atom stereocenters. The molecule has 0 saturated heterocycles. The lowest BCUT2D eigenvalue weighted by atomic mass is 9.89. The third-order valence-corrected chi connectivity index (χ3v) is 7.68. The van der Waals surface area contributed by atoms with E-state index in [-0.39, 0.29) is 18.0 Å². The lowest BCUT2D eigenvalue weighted by Crippen LogP contribution is -2.53. The molecule has 3 aromatic rings. The Kier molecular flexibility index (Phi) is 6.80. The fourth-order valence-corrected chi connectivity index (χ4v) is 5.75. The Morgan fingerprint density at radius 3 is 2.51 bits per heavy atom. The number of hydrogen-bond acceptors (Lipinski definition) is 5. The van der Waals surface area contributed by atoms with E-state index in [1.54, 1.807) is 14.2 Å². The van der Waals surface area contributed by atoms with E-state index in [2.05, 4.69) is 63.1 Å². The van der Waals surface area contributed by atoms with Gasteiger partial charge >= 0.3 is 0 Å². The fraction of sp³-hybridized carbons (Fsp3) is 0.357. The molecule has 1 aromatic heterocycles. The molecule has 2 aromatic carbocycles.